The van der Waals surface area contributed by atoms with Gasteiger partial charge in [0.2, 0.25) is 5.91 Å². The third-order valence-corrected chi connectivity index (χ3v) is 2.50. The SMILES string of the molecule is CCN(C(=O)CN=[N+]=[N-])C1=CCCCC1. The summed E-state index contributed by atoms with van der Waals surface area (Å²) in [6.45, 7) is 2.50. The number of allylic oxidation sites excluding steroid dienone is 2. The number of likely N-dealkylation sites (N-methyl/N-ethyl adjacent to an activating group) is 1. The van der Waals surface area contributed by atoms with E-state index in [-0.39, 0.29) is 12.5 Å². The molecule has 1 aliphatic carbocycles. The molecule has 0 saturated carbocycles. The van der Waals surface area contributed by atoms with Crippen molar-refractivity contribution in [2.75, 3.05) is 13.1 Å². The molecule has 1 amide bonds. The topological polar surface area (TPSA) is 69.1 Å². The van der Waals surface area contributed by atoms with Crippen molar-refractivity contribution in [3.63, 3.8) is 0 Å². The first kappa shape index (κ1) is 11.6. The van der Waals surface area contributed by atoms with E-state index in [4.69, 9.17) is 5.53 Å². The minimum absolute atomic E-state index is 0.0817. The summed E-state index contributed by atoms with van der Waals surface area (Å²) >= 11 is 0. The monoisotopic (exact) mass is 208 g/mol. The highest BCUT2D eigenvalue weighted by Gasteiger charge is 2.16. The normalized spacial score (nSPS) is 15.1. The maximum atomic E-state index is 11.7. The van der Waals surface area contributed by atoms with Gasteiger partial charge in [-0.05, 0) is 38.1 Å². The lowest BCUT2D eigenvalue weighted by molar-refractivity contribution is -0.127. The van der Waals surface area contributed by atoms with E-state index in [1.807, 2.05) is 6.92 Å². The summed E-state index contributed by atoms with van der Waals surface area (Å²) in [5.41, 5.74) is 9.24. The highest BCUT2D eigenvalue weighted by atomic mass is 16.2. The van der Waals surface area contributed by atoms with Crippen LogP contribution in [0.3, 0.4) is 0 Å². The van der Waals surface area contributed by atoms with Gasteiger partial charge in [0.25, 0.3) is 0 Å². The molecule has 0 saturated heterocycles. The highest BCUT2D eigenvalue weighted by Crippen LogP contribution is 2.20. The molecule has 0 aromatic carbocycles. The first-order chi connectivity index (χ1) is 7.29. The van der Waals surface area contributed by atoms with Gasteiger partial charge in [-0.25, -0.2) is 0 Å². The Hall–Kier alpha value is -1.48. The fourth-order valence-corrected chi connectivity index (χ4v) is 1.78. The largest absolute Gasteiger partial charge is 0.317 e. The van der Waals surface area contributed by atoms with Crippen molar-refractivity contribution in [3.8, 4) is 0 Å². The molecule has 0 aromatic heterocycles. The summed E-state index contributed by atoms with van der Waals surface area (Å²) in [5.74, 6) is -0.108. The molecule has 5 heteroatoms. The van der Waals surface area contributed by atoms with Crippen molar-refractivity contribution in [2.45, 2.75) is 32.6 Å². The number of nitrogens with zero attached hydrogens (tertiary/aromatic N) is 4. The van der Waals surface area contributed by atoms with Gasteiger partial charge < -0.3 is 4.90 Å². The zero-order valence-electron chi connectivity index (χ0n) is 9.02. The standard InChI is InChI=1S/C10H16N4O/c1-2-14(10(15)8-12-13-11)9-6-4-3-5-7-9/h6H,2-5,7-8H2,1H3. The van der Waals surface area contributed by atoms with Crippen LogP contribution in [-0.2, 0) is 4.79 Å². The zero-order chi connectivity index (χ0) is 11.1. The molecule has 82 valence electrons. The molecule has 5 nitrogen and oxygen atoms in total. The van der Waals surface area contributed by atoms with Gasteiger partial charge in [0.1, 0.15) is 6.54 Å². The van der Waals surface area contributed by atoms with Crippen molar-refractivity contribution in [3.05, 3.63) is 22.2 Å². The van der Waals surface area contributed by atoms with E-state index in [0.717, 1.165) is 25.0 Å². The predicted octanol–water partition coefficient (Wildman–Crippen LogP) is 2.60. The van der Waals surface area contributed by atoms with E-state index in [0.29, 0.717) is 6.54 Å². The first-order valence-corrected chi connectivity index (χ1v) is 5.29. The summed E-state index contributed by atoms with van der Waals surface area (Å²) in [6, 6.07) is 0. The van der Waals surface area contributed by atoms with Crippen LogP contribution in [0.25, 0.3) is 10.4 Å². The molecule has 0 unspecified atom stereocenters. The fourth-order valence-electron chi connectivity index (χ4n) is 1.78. The summed E-state index contributed by atoms with van der Waals surface area (Å²) < 4.78 is 0. The Kier molecular flexibility index (Phi) is 4.71. The highest BCUT2D eigenvalue weighted by molar-refractivity contribution is 5.80. The van der Waals surface area contributed by atoms with Crippen LogP contribution in [0.4, 0.5) is 0 Å². The average molecular weight is 208 g/mol. The molecule has 0 spiro atoms. The Morgan fingerprint density at radius 1 is 1.67 bits per heavy atom. The number of carbonyl (C=O) groups is 1. The smallest absolute Gasteiger partial charge is 0.232 e. The van der Waals surface area contributed by atoms with Crippen molar-refractivity contribution in [1.82, 2.24) is 4.90 Å². The molecule has 1 rings (SSSR count). The summed E-state index contributed by atoms with van der Waals surface area (Å²) in [7, 11) is 0. The van der Waals surface area contributed by atoms with E-state index in [1.54, 1.807) is 4.90 Å². The van der Waals surface area contributed by atoms with Crippen LogP contribution in [0.2, 0.25) is 0 Å². The van der Waals surface area contributed by atoms with Crippen LogP contribution in [0.1, 0.15) is 32.6 Å². The summed E-state index contributed by atoms with van der Waals surface area (Å²) in [4.78, 5) is 16.0. The van der Waals surface area contributed by atoms with Crippen LogP contribution < -0.4 is 0 Å². The molecule has 0 aliphatic heterocycles. The minimum Gasteiger partial charge on any atom is -0.317 e. The van der Waals surface area contributed by atoms with Crippen LogP contribution in [0.5, 0.6) is 0 Å². The molecule has 0 aromatic rings. The molecule has 0 radical (unpaired) electrons. The molecule has 0 heterocycles. The van der Waals surface area contributed by atoms with Gasteiger partial charge in [-0.1, -0.05) is 11.2 Å². The number of carbonyl (C=O) groups excluding carboxylic acids is 1. The second-order valence-corrected chi connectivity index (χ2v) is 3.47. The Labute approximate surface area is 89.4 Å². The molecule has 0 N–H and O–H groups in total. The van der Waals surface area contributed by atoms with Gasteiger partial charge in [0, 0.05) is 17.2 Å². The lowest BCUT2D eigenvalue weighted by Crippen LogP contribution is -2.32. The zero-order valence-corrected chi connectivity index (χ0v) is 9.02. The van der Waals surface area contributed by atoms with Gasteiger partial charge in [-0.15, -0.1) is 0 Å². The Balaban J connectivity index is 2.64. The Morgan fingerprint density at radius 3 is 3.00 bits per heavy atom. The molecule has 0 atom stereocenters. The molecule has 15 heavy (non-hydrogen) atoms. The summed E-state index contributed by atoms with van der Waals surface area (Å²) in [5, 5.41) is 3.30. The van der Waals surface area contributed by atoms with Gasteiger partial charge >= 0.3 is 0 Å². The van der Waals surface area contributed by atoms with Crippen molar-refractivity contribution in [2.24, 2.45) is 5.11 Å². The number of hydrogen-bond acceptors (Lipinski definition) is 2. The third-order valence-electron chi connectivity index (χ3n) is 2.50. The van der Waals surface area contributed by atoms with Crippen LogP contribution in [-0.4, -0.2) is 23.9 Å². The van der Waals surface area contributed by atoms with Gasteiger partial charge in [-0.3, -0.25) is 4.79 Å². The molecule has 0 bridgehead atoms. The molecular weight excluding hydrogens is 192 g/mol. The number of rotatable bonds is 4. The van der Waals surface area contributed by atoms with E-state index < -0.39 is 0 Å². The van der Waals surface area contributed by atoms with E-state index >= 15 is 0 Å². The maximum Gasteiger partial charge on any atom is 0.232 e. The van der Waals surface area contributed by atoms with Crippen molar-refractivity contribution < 1.29 is 4.79 Å². The number of azide groups is 1. The minimum atomic E-state index is -0.108. The second-order valence-electron chi connectivity index (χ2n) is 3.47. The van der Waals surface area contributed by atoms with E-state index in [2.05, 4.69) is 16.1 Å². The third kappa shape index (κ3) is 3.29. The molecule has 0 fully saturated rings. The van der Waals surface area contributed by atoms with Gasteiger partial charge in [0.15, 0.2) is 0 Å². The van der Waals surface area contributed by atoms with Crippen LogP contribution >= 0.6 is 0 Å². The summed E-state index contributed by atoms with van der Waals surface area (Å²) in [6.07, 6.45) is 6.44. The van der Waals surface area contributed by atoms with E-state index in [9.17, 15) is 4.79 Å². The van der Waals surface area contributed by atoms with Crippen LogP contribution in [0.15, 0.2) is 16.9 Å². The molecular formula is C10H16N4O. The van der Waals surface area contributed by atoms with Crippen molar-refractivity contribution in [1.29, 1.82) is 0 Å². The first-order valence-electron chi connectivity index (χ1n) is 5.29. The lowest BCUT2D eigenvalue weighted by atomic mass is 10.0. The Morgan fingerprint density at radius 2 is 2.47 bits per heavy atom. The number of amides is 1. The maximum absolute atomic E-state index is 11.7. The van der Waals surface area contributed by atoms with Crippen molar-refractivity contribution >= 4 is 5.91 Å². The van der Waals surface area contributed by atoms with Gasteiger partial charge in [0.05, 0.1) is 0 Å². The Bertz CT molecular complexity index is 305. The molecule has 1 aliphatic rings. The quantitative estimate of drug-likeness (QED) is 0.397. The fraction of sp³-hybridized carbons (Fsp3) is 0.700. The second kappa shape index (κ2) is 6.09. The lowest BCUT2D eigenvalue weighted by Gasteiger charge is -2.25. The van der Waals surface area contributed by atoms with Crippen LogP contribution in [0, 0.1) is 0 Å². The van der Waals surface area contributed by atoms with E-state index in [1.165, 1.54) is 6.42 Å². The predicted molar refractivity (Wildman–Crippen MR) is 58.0 cm³/mol. The number of hydrogen-bond donors (Lipinski definition) is 0. The average Bonchev–Trinajstić information content (AvgIpc) is 2.29. The van der Waals surface area contributed by atoms with Gasteiger partial charge in [-0.2, -0.15) is 0 Å².